The van der Waals surface area contributed by atoms with Gasteiger partial charge in [0.2, 0.25) is 12.2 Å². The fraction of sp³-hybridized carbons (Fsp3) is 0.842. The van der Waals surface area contributed by atoms with Gasteiger partial charge in [-0.1, -0.05) is 95.4 Å². The van der Waals surface area contributed by atoms with Crippen molar-refractivity contribution in [1.29, 1.82) is 0 Å². The zero-order valence-corrected chi connectivity index (χ0v) is 35.3. The summed E-state index contributed by atoms with van der Waals surface area (Å²) >= 11 is 0. The maximum absolute atomic E-state index is 11.6. The lowest BCUT2D eigenvalue weighted by Gasteiger charge is -2.27. The number of hydrogen-bond donors (Lipinski definition) is 5. The molecule has 4 atom stereocenters. The number of carbonyl (C=O) groups excluding carboxylic acids is 6. The van der Waals surface area contributed by atoms with E-state index in [2.05, 4.69) is 35.5 Å². The van der Waals surface area contributed by atoms with Gasteiger partial charge >= 0.3 is 6.09 Å². The van der Waals surface area contributed by atoms with Crippen molar-refractivity contribution in [3.63, 3.8) is 0 Å². The van der Waals surface area contributed by atoms with Crippen molar-refractivity contribution in [1.82, 2.24) is 21.0 Å². The van der Waals surface area contributed by atoms with E-state index in [9.17, 15) is 28.8 Å². The van der Waals surface area contributed by atoms with Crippen LogP contribution in [-0.2, 0) is 33.5 Å². The largest absolute Gasteiger partial charge is 0.449 e. The number of unbranched alkanes of at least 4 members (excludes halogenated alkanes) is 1. The predicted octanol–water partition coefficient (Wildman–Crippen LogP) is 5.06. The zero-order chi connectivity index (χ0) is 41.8. The molecule has 0 bridgehead atoms. The summed E-state index contributed by atoms with van der Waals surface area (Å²) in [5.74, 6) is 0.755. The van der Waals surface area contributed by atoms with Gasteiger partial charge in [-0.25, -0.2) is 4.79 Å². The molecule has 1 fully saturated rings. The fourth-order valence-corrected chi connectivity index (χ4v) is 3.83. The van der Waals surface area contributed by atoms with Gasteiger partial charge in [-0.05, 0) is 64.6 Å². The first-order chi connectivity index (χ1) is 24.9. The van der Waals surface area contributed by atoms with Crippen LogP contribution in [0.15, 0.2) is 0 Å². The molecule has 0 aromatic rings. The summed E-state index contributed by atoms with van der Waals surface area (Å²) in [6, 6.07) is -0.630. The van der Waals surface area contributed by atoms with Gasteiger partial charge in [-0.3, -0.25) is 24.5 Å². The van der Waals surface area contributed by atoms with Crippen molar-refractivity contribution >= 4 is 37.1 Å². The number of hydroxylamine groups is 2. The second-order valence-corrected chi connectivity index (χ2v) is 11.9. The fourth-order valence-electron chi connectivity index (χ4n) is 3.83. The van der Waals surface area contributed by atoms with Crippen LogP contribution in [0.1, 0.15) is 128 Å². The average Bonchev–Trinajstić information content (AvgIpc) is 3.68. The first-order valence-corrected chi connectivity index (χ1v) is 19.3. The molecule has 0 spiro atoms. The summed E-state index contributed by atoms with van der Waals surface area (Å²) in [6.45, 7) is 25.7. The number of hydrogen-bond acceptors (Lipinski definition) is 12. The Morgan fingerprint density at radius 1 is 0.885 bits per heavy atom. The highest BCUT2D eigenvalue weighted by Gasteiger charge is 2.23. The number of carbonyl (C=O) groups is 6. The minimum Gasteiger partial charge on any atom is -0.449 e. The Hall–Kier alpha value is -2.78. The number of nitrogens with one attached hydrogen (secondary N) is 3. The van der Waals surface area contributed by atoms with E-state index >= 15 is 0 Å². The van der Waals surface area contributed by atoms with Crippen LogP contribution in [-0.4, -0.2) is 101 Å². The van der Waals surface area contributed by atoms with Gasteiger partial charge in [0, 0.05) is 24.9 Å². The van der Waals surface area contributed by atoms with Crippen LogP contribution in [0.5, 0.6) is 0 Å². The number of ether oxygens (including phenoxy) is 1. The first-order valence-electron chi connectivity index (χ1n) is 19.3. The molecule has 1 aliphatic rings. The Bertz CT molecular complexity index is 785. The lowest BCUT2D eigenvalue weighted by atomic mass is 9.89. The molecule has 52 heavy (non-hydrogen) atoms. The molecule has 312 valence electrons. The highest BCUT2D eigenvalue weighted by molar-refractivity contribution is 6.27. The van der Waals surface area contributed by atoms with Crippen molar-refractivity contribution in [2.24, 2.45) is 35.1 Å². The first kappa shape index (κ1) is 61.3. The van der Waals surface area contributed by atoms with E-state index in [-0.39, 0.29) is 24.3 Å². The number of aldehydes is 3. The molecule has 1 rings (SSSR count). The normalized spacial score (nSPS) is 13.5. The molecule has 1 heterocycles. The highest BCUT2D eigenvalue weighted by Crippen LogP contribution is 2.18. The van der Waals surface area contributed by atoms with Crippen molar-refractivity contribution in [2.75, 3.05) is 46.9 Å². The lowest BCUT2D eigenvalue weighted by Crippen LogP contribution is -2.44. The lowest BCUT2D eigenvalue weighted by molar-refractivity contribution is -0.203. The van der Waals surface area contributed by atoms with E-state index in [1.807, 2.05) is 67.4 Å². The molecule has 4 unspecified atom stereocenters. The summed E-state index contributed by atoms with van der Waals surface area (Å²) in [5.41, 5.74) is 9.88. The highest BCUT2D eigenvalue weighted by atomic mass is 16.7. The number of nitrogens with zero attached hydrogens (tertiary/aromatic N) is 1. The van der Waals surface area contributed by atoms with Gasteiger partial charge in [-0.15, -0.1) is 0 Å². The second-order valence-electron chi connectivity index (χ2n) is 11.9. The number of likely N-dealkylation sites (N-methyl/N-ethyl adjacent to an activating group) is 1. The Kier molecular flexibility index (Phi) is 59.3. The van der Waals surface area contributed by atoms with Crippen LogP contribution < -0.4 is 27.4 Å². The third kappa shape index (κ3) is 43.4. The Morgan fingerprint density at radius 2 is 1.44 bits per heavy atom. The molecular formula is C38H82N6O8. The summed E-state index contributed by atoms with van der Waals surface area (Å²) in [5, 5.41) is 9.62. The molecule has 7 N–H and O–H groups in total. The number of Topliss-reactive ketones (excluding diaryl/α,β-unsaturated/α-hetero) is 1. The number of rotatable bonds is 21. The standard InChI is InChI=1S/C13H26N2O3.C10H21NO.C7H11NO3.C3H7NO.2C2H6.CH5N/c1-10(2)9-17-13(16)14-12(11(3)4)18-15-7-5-6-8-15;1-3-9(2)10(8-12)6-4-5-7-11;1-2-3-6(8-5-10)7(11)4-9;1-4-2-3-5;3*1-2/h10-12H,5-9H2,1-4H3,(H,14,16);8-10H,3-7,11H2,1-2H3;4-6H,2-3H2,1H3,(H,8,10);3-4H,2H2,1H3;2*1-2H3;2H2,1H3. The zero-order valence-electron chi connectivity index (χ0n) is 35.3. The SMILES string of the molecule is CC.CC.CC(C)COC(=O)NC(ON1CCCC1)C(C)C.CCC(C)C(C=O)CCCCN.CCCC(NC=O)C(=O)C=O.CN.CNCC=O. The Balaban J connectivity index is -0.000000137. The minimum absolute atomic E-state index is 0.206. The molecular weight excluding hydrogens is 668 g/mol. The van der Waals surface area contributed by atoms with Crippen LogP contribution in [0, 0.1) is 23.7 Å². The molecule has 14 nitrogen and oxygen atoms in total. The number of alkyl carbamates (subject to hydrolysis) is 1. The van der Waals surface area contributed by atoms with Crippen molar-refractivity contribution in [3.8, 4) is 0 Å². The maximum atomic E-state index is 11.6. The smallest absolute Gasteiger partial charge is 0.409 e. The van der Waals surface area contributed by atoms with Gasteiger partial charge < -0.3 is 36.4 Å². The van der Waals surface area contributed by atoms with Crippen LogP contribution in [0.25, 0.3) is 0 Å². The van der Waals surface area contributed by atoms with E-state index in [0.717, 1.165) is 77.2 Å². The van der Waals surface area contributed by atoms with Crippen molar-refractivity contribution in [2.45, 2.75) is 140 Å². The molecule has 0 radical (unpaired) electrons. The predicted molar refractivity (Wildman–Crippen MR) is 214 cm³/mol. The minimum atomic E-state index is -0.630. The van der Waals surface area contributed by atoms with Gasteiger partial charge in [-0.2, -0.15) is 5.06 Å². The molecule has 0 aromatic heterocycles. The summed E-state index contributed by atoms with van der Waals surface area (Å²) in [7, 11) is 3.23. The van der Waals surface area contributed by atoms with Gasteiger partial charge in [0.1, 0.15) is 12.6 Å². The topological polar surface area (TPSA) is 212 Å². The number of nitrogens with two attached hydrogens (primary N) is 2. The van der Waals surface area contributed by atoms with E-state index in [1.54, 1.807) is 7.05 Å². The molecule has 1 saturated heterocycles. The van der Waals surface area contributed by atoms with Gasteiger partial charge in [0.15, 0.2) is 12.5 Å². The quantitative estimate of drug-likeness (QED) is 0.0451. The summed E-state index contributed by atoms with van der Waals surface area (Å²) < 4.78 is 5.10. The molecule has 0 aromatic carbocycles. The molecule has 14 heteroatoms. The van der Waals surface area contributed by atoms with Gasteiger partial charge in [0.05, 0.1) is 19.2 Å². The summed E-state index contributed by atoms with van der Waals surface area (Å²) in [6.07, 6.45) is 9.67. The van der Waals surface area contributed by atoms with E-state index < -0.39 is 17.9 Å². The Morgan fingerprint density at radius 3 is 1.79 bits per heavy atom. The van der Waals surface area contributed by atoms with E-state index in [4.69, 9.17) is 15.3 Å². The maximum Gasteiger partial charge on any atom is 0.409 e. The molecule has 1 aliphatic heterocycles. The molecule has 0 aliphatic carbocycles. The number of ketones is 1. The second kappa shape index (κ2) is 50.3. The van der Waals surface area contributed by atoms with Crippen molar-refractivity contribution < 1.29 is 38.3 Å². The van der Waals surface area contributed by atoms with E-state index in [0.29, 0.717) is 37.8 Å². The van der Waals surface area contributed by atoms with Crippen molar-refractivity contribution in [3.05, 3.63) is 0 Å². The Labute approximate surface area is 318 Å². The van der Waals surface area contributed by atoms with Crippen LogP contribution in [0.3, 0.4) is 0 Å². The van der Waals surface area contributed by atoms with Crippen LogP contribution in [0.2, 0.25) is 0 Å². The van der Waals surface area contributed by atoms with E-state index in [1.165, 1.54) is 7.05 Å². The van der Waals surface area contributed by atoms with Gasteiger partial charge in [0.25, 0.3) is 0 Å². The molecule has 0 saturated carbocycles. The third-order valence-electron chi connectivity index (χ3n) is 6.88. The average molecular weight is 751 g/mol. The van der Waals surface area contributed by atoms with Crippen LogP contribution in [0.4, 0.5) is 4.79 Å². The summed E-state index contributed by atoms with van der Waals surface area (Å²) in [4.78, 5) is 68.0. The number of amides is 2. The monoisotopic (exact) mass is 751 g/mol. The van der Waals surface area contributed by atoms with Crippen LogP contribution >= 0.6 is 0 Å². The molecule has 2 amide bonds. The third-order valence-corrected chi connectivity index (χ3v) is 6.88.